The molecule has 0 aliphatic heterocycles. The Balaban J connectivity index is 3.96. The molecule has 1 aromatic rings. The number of nitrogens with one attached hydrogen (secondary N) is 24. The standard InChI is InChI=1S/C68H123N33O15/c1-37(102)84-28-6-4-14-44(95-55(109)42(16-8-30-86-64(74)75)93-52(106)36-91-54(108)50(92-38(2)103)35-39-21-23-40(104)24-22-39)58(112)96-43(13-3-5-27-69)57(111)98-46(18-10-32-88-66(78)79)59(113)99-48(20-12-34-90-68(82)83)61(115)101-49(25-26-51(70)105)62(116)100-47(19-11-33-89-67(80)81)60(114)97-45(17-9-31-87-65(76)77)56(110)94-41(53(71)107)15-7-29-85-63(72)73/h21-24,41-50,104H,3-20,25-36,69H2,1-2H3,(H2,70,105)(H2,71,107)(H,84,102)(H,91,108)(H,92,103)(H,93,106)(H,94,110)(H,95,109)(H,96,112)(H,97,114)(H,98,111)(H,99,113)(H,100,116)(H,101,115)(H4,72,73,85)(H4,74,75,86)(H4,76,77,87)(H4,78,79,88)(H4,80,81,89)(H4,82,83,90)/t41-,42-,43-,44-,45-,46-,47-,48-,49-,50-/m0/s1. The highest BCUT2D eigenvalue weighted by Crippen LogP contribution is 2.15. The van der Waals surface area contributed by atoms with Crippen LogP contribution in [0.5, 0.6) is 5.75 Å². The number of primary amides is 2. The third kappa shape index (κ3) is 47.5. The highest BCUT2D eigenvalue weighted by atomic mass is 16.3. The first-order chi connectivity index (χ1) is 54.8. The summed E-state index contributed by atoms with van der Waals surface area (Å²) in [5, 5.41) is 102. The van der Waals surface area contributed by atoms with Gasteiger partial charge in [-0.2, -0.15) is 0 Å². The third-order valence-corrected chi connectivity index (χ3v) is 17.1. The van der Waals surface area contributed by atoms with Gasteiger partial charge in [0.1, 0.15) is 66.2 Å². The first-order valence-corrected chi connectivity index (χ1v) is 37.9. The van der Waals surface area contributed by atoms with Gasteiger partial charge in [-0.1, -0.05) is 12.1 Å². The number of guanidine groups is 6. The van der Waals surface area contributed by atoms with Crippen LogP contribution in [0.2, 0.25) is 0 Å². The van der Waals surface area contributed by atoms with E-state index in [-0.39, 0.29) is 186 Å². The summed E-state index contributed by atoms with van der Waals surface area (Å²) in [5.41, 5.74) is 50.6. The fraction of sp³-hybridized carbons (Fsp3) is 0.618. The number of hydrogen-bond acceptors (Lipinski definition) is 22. The van der Waals surface area contributed by atoms with Gasteiger partial charge in [0.15, 0.2) is 35.8 Å². The molecule has 0 heterocycles. The van der Waals surface area contributed by atoms with E-state index in [4.69, 9.17) is 84.1 Å². The minimum absolute atomic E-state index is 0.00591. The average Bonchev–Trinajstić information content (AvgIpc) is 0.853. The highest BCUT2D eigenvalue weighted by Gasteiger charge is 2.36. The zero-order chi connectivity index (χ0) is 87.2. The van der Waals surface area contributed by atoms with E-state index in [1.807, 2.05) is 0 Å². The van der Waals surface area contributed by atoms with E-state index in [1.54, 1.807) is 0 Å². The van der Waals surface area contributed by atoms with Crippen LogP contribution in [0, 0.1) is 32.5 Å². The molecule has 0 bridgehead atoms. The lowest BCUT2D eigenvalue weighted by Gasteiger charge is -2.28. The normalized spacial score (nSPS) is 13.3. The van der Waals surface area contributed by atoms with Gasteiger partial charge in [0, 0.05) is 72.5 Å². The van der Waals surface area contributed by atoms with Gasteiger partial charge in [-0.15, -0.1) is 0 Å². The maximum absolute atomic E-state index is 14.9. The number of carbonyl (C=O) groups excluding carboxylic acids is 14. The van der Waals surface area contributed by atoms with Gasteiger partial charge in [0.05, 0.1) is 6.54 Å². The number of nitrogens with two attached hydrogens (primary N) is 9. The molecule has 650 valence electrons. The van der Waals surface area contributed by atoms with E-state index >= 15 is 0 Å². The van der Waals surface area contributed by atoms with Gasteiger partial charge in [-0.25, -0.2) is 0 Å². The summed E-state index contributed by atoms with van der Waals surface area (Å²) in [6.07, 6.45) is -1.28. The minimum Gasteiger partial charge on any atom is -0.508 e. The summed E-state index contributed by atoms with van der Waals surface area (Å²) in [6.45, 7) is 2.08. The van der Waals surface area contributed by atoms with Crippen molar-refractivity contribution < 1.29 is 72.2 Å². The van der Waals surface area contributed by atoms with Crippen LogP contribution in [-0.2, 0) is 73.5 Å². The maximum Gasteiger partial charge on any atom is 0.243 e. The molecule has 43 N–H and O–H groups in total. The van der Waals surface area contributed by atoms with E-state index in [0.29, 0.717) is 12.0 Å². The van der Waals surface area contributed by atoms with E-state index in [0.717, 1.165) is 0 Å². The van der Waals surface area contributed by atoms with Crippen molar-refractivity contribution in [3.8, 4) is 5.75 Å². The topological polar surface area (TPSA) is 853 Å². The molecule has 116 heavy (non-hydrogen) atoms. The van der Waals surface area contributed by atoms with E-state index in [2.05, 4.69) is 95.7 Å². The fourth-order valence-corrected chi connectivity index (χ4v) is 11.2. The van der Waals surface area contributed by atoms with Gasteiger partial charge in [-0.05, 0) is 146 Å². The molecular weight excluding hydrogens is 1520 g/mol. The Morgan fingerprint density at radius 1 is 0.310 bits per heavy atom. The van der Waals surface area contributed by atoms with Crippen LogP contribution in [0.3, 0.4) is 0 Å². The first-order valence-electron chi connectivity index (χ1n) is 37.9. The van der Waals surface area contributed by atoms with E-state index in [1.165, 1.54) is 38.1 Å². The molecule has 0 aliphatic rings. The second-order valence-corrected chi connectivity index (χ2v) is 27.0. The molecule has 14 amide bonds. The lowest BCUT2D eigenvalue weighted by molar-refractivity contribution is -0.136. The second-order valence-electron chi connectivity index (χ2n) is 27.0. The molecule has 0 saturated heterocycles. The molecule has 48 nitrogen and oxygen atoms in total. The molecule has 0 fully saturated rings. The van der Waals surface area contributed by atoms with E-state index < -0.39 is 186 Å². The molecule has 0 aliphatic carbocycles. The second kappa shape index (κ2) is 57.2. The van der Waals surface area contributed by atoms with Crippen LogP contribution in [0.1, 0.15) is 148 Å². The molecular formula is C68H123N33O15. The number of phenols is 1. The SMILES string of the molecule is CC(=O)NCCCC[C@H](NC(=O)[C@H](CCCNC(=N)N)NC(=O)CNC(=O)[C@H](Cc1ccc(O)cc1)NC(C)=O)C(=O)N[C@@H](CCCCN)C(=O)N[C@@H](CCCNC(=N)N)C(=O)N[C@@H](CCCNC(=N)N)C(=O)N[C@@H](CCC(N)=O)C(=O)N[C@@H](CCCNC(=N)N)C(=O)N[C@@H](CCCNC(=N)N)C(=O)N[C@@H](CCCNC(=N)N)C(N)=O. The average molecular weight is 1640 g/mol. The van der Waals surface area contributed by atoms with Gasteiger partial charge in [0.2, 0.25) is 82.7 Å². The lowest BCUT2D eigenvalue weighted by Crippen LogP contribution is -2.60. The van der Waals surface area contributed by atoms with Gasteiger partial charge < -0.3 is 152 Å². The molecule has 0 spiro atoms. The van der Waals surface area contributed by atoms with Gasteiger partial charge >= 0.3 is 0 Å². The van der Waals surface area contributed by atoms with Crippen molar-refractivity contribution in [1.82, 2.24) is 95.7 Å². The largest absolute Gasteiger partial charge is 0.508 e. The van der Waals surface area contributed by atoms with Crippen LogP contribution >= 0.6 is 0 Å². The van der Waals surface area contributed by atoms with Crippen LogP contribution in [-0.4, -0.2) is 243 Å². The highest BCUT2D eigenvalue weighted by molar-refractivity contribution is 5.99. The van der Waals surface area contributed by atoms with Crippen molar-refractivity contribution >= 4 is 118 Å². The Labute approximate surface area is 671 Å². The quantitative estimate of drug-likeness (QED) is 0.0164. The molecule has 1 aromatic carbocycles. The number of unbranched alkanes of at least 4 members (excludes halogenated alkanes) is 2. The predicted octanol–water partition coefficient (Wildman–Crippen LogP) is -10.3. The van der Waals surface area contributed by atoms with Crippen LogP contribution in [0.4, 0.5) is 0 Å². The monoisotopic (exact) mass is 1640 g/mol. The van der Waals surface area contributed by atoms with Crippen molar-refractivity contribution in [2.75, 3.05) is 58.9 Å². The number of aromatic hydroxyl groups is 1. The molecule has 0 aromatic heterocycles. The molecule has 10 atom stereocenters. The van der Waals surface area contributed by atoms with Crippen LogP contribution < -0.4 is 147 Å². The van der Waals surface area contributed by atoms with Crippen LogP contribution in [0.25, 0.3) is 0 Å². The Morgan fingerprint density at radius 3 is 0.871 bits per heavy atom. The molecule has 0 unspecified atom stereocenters. The van der Waals surface area contributed by atoms with Crippen LogP contribution in [0.15, 0.2) is 24.3 Å². The van der Waals surface area contributed by atoms with Crippen molar-refractivity contribution in [3.05, 3.63) is 29.8 Å². The van der Waals surface area contributed by atoms with Gasteiger partial charge in [0.25, 0.3) is 0 Å². The zero-order valence-electron chi connectivity index (χ0n) is 65.7. The number of hydrogen-bond donors (Lipinski definition) is 34. The summed E-state index contributed by atoms with van der Waals surface area (Å²) in [7, 11) is 0. The zero-order valence-corrected chi connectivity index (χ0v) is 65.7. The van der Waals surface area contributed by atoms with Crippen molar-refractivity contribution in [2.24, 2.45) is 51.6 Å². The maximum atomic E-state index is 14.9. The number of rotatable bonds is 60. The van der Waals surface area contributed by atoms with Crippen molar-refractivity contribution in [3.63, 3.8) is 0 Å². The van der Waals surface area contributed by atoms with E-state index in [9.17, 15) is 72.2 Å². The molecule has 0 radical (unpaired) electrons. The summed E-state index contributed by atoms with van der Waals surface area (Å²) < 4.78 is 0. The fourth-order valence-electron chi connectivity index (χ4n) is 11.2. The number of carbonyl (C=O) groups is 14. The summed E-state index contributed by atoms with van der Waals surface area (Å²) in [5.74, 6) is -15.1. The number of phenolic OH excluding ortho intramolecular Hbond substituents is 1. The number of benzene rings is 1. The summed E-state index contributed by atoms with van der Waals surface area (Å²) >= 11 is 0. The lowest BCUT2D eigenvalue weighted by atomic mass is 10.0. The molecule has 1 rings (SSSR count). The van der Waals surface area contributed by atoms with Gasteiger partial charge in [-0.3, -0.25) is 99.6 Å². The first kappa shape index (κ1) is 101. The van der Waals surface area contributed by atoms with Crippen molar-refractivity contribution in [2.45, 2.75) is 209 Å². The Hall–Kier alpha value is -12.8. The minimum atomic E-state index is -1.75. The Kier molecular flexibility index (Phi) is 49.9. The molecule has 0 saturated carbocycles. The number of amides is 14. The summed E-state index contributed by atoms with van der Waals surface area (Å²) in [4.78, 5) is 193. The molecule has 48 heteroatoms. The smallest absolute Gasteiger partial charge is 0.243 e. The van der Waals surface area contributed by atoms with Crippen molar-refractivity contribution in [1.29, 1.82) is 32.5 Å². The Morgan fingerprint density at radius 2 is 0.586 bits per heavy atom. The Bertz CT molecular complexity index is 3460. The predicted molar refractivity (Wildman–Crippen MR) is 428 cm³/mol. The summed E-state index contributed by atoms with van der Waals surface area (Å²) in [6, 6.07) is -9.19. The third-order valence-electron chi connectivity index (χ3n) is 17.1.